The molecule has 7 nitrogen and oxygen atoms in total. The normalized spacial score (nSPS) is 17.3. The van der Waals surface area contributed by atoms with Crippen molar-refractivity contribution < 1.29 is 18.1 Å². The fourth-order valence-electron chi connectivity index (χ4n) is 4.21. The lowest BCUT2D eigenvalue weighted by molar-refractivity contribution is 0.140. The first-order valence-corrected chi connectivity index (χ1v) is 13.2. The van der Waals surface area contributed by atoms with Gasteiger partial charge in [0.2, 0.25) is 0 Å². The third-order valence-electron chi connectivity index (χ3n) is 5.87. The topological polar surface area (TPSA) is 86.6 Å². The minimum Gasteiger partial charge on any atom is -0.488 e. The molecule has 0 saturated carbocycles. The summed E-state index contributed by atoms with van der Waals surface area (Å²) in [6.07, 6.45) is 5.80. The Morgan fingerprint density at radius 1 is 1.17 bits per heavy atom. The van der Waals surface area contributed by atoms with Gasteiger partial charge in [0.05, 0.1) is 39.8 Å². The lowest BCUT2D eigenvalue weighted by atomic mass is 10.0. The van der Waals surface area contributed by atoms with Crippen LogP contribution >= 0.6 is 0 Å². The van der Waals surface area contributed by atoms with E-state index in [-0.39, 0.29) is 11.9 Å². The molecule has 0 aliphatic carbocycles. The standard InChI is InChI=1S/C26H25FN4O3S/c1-17-11-20(31-35(2,32)25-5-3-4-9-28-25)14-23-26(17)22(29-16-30-23)12-18-6-7-19(27)13-24(18)34-21-8-10-33-15-21/h3-7,9,11,13-14,16,21H,8,10,12,15H2,1-2H3/t21-,35?/m0/s1. The Bertz CT molecular complexity index is 1500. The summed E-state index contributed by atoms with van der Waals surface area (Å²) in [4.78, 5) is 13.2. The van der Waals surface area contributed by atoms with E-state index in [1.807, 2.05) is 13.0 Å². The number of fused-ring (bicyclic) bond motifs is 1. The molecule has 1 saturated heterocycles. The zero-order chi connectivity index (χ0) is 24.4. The van der Waals surface area contributed by atoms with Gasteiger partial charge >= 0.3 is 0 Å². The van der Waals surface area contributed by atoms with Crippen molar-refractivity contribution in [1.82, 2.24) is 15.0 Å². The molecule has 35 heavy (non-hydrogen) atoms. The maximum atomic E-state index is 14.0. The van der Waals surface area contributed by atoms with Crippen LogP contribution in [0.3, 0.4) is 0 Å². The highest BCUT2D eigenvalue weighted by Crippen LogP contribution is 2.31. The van der Waals surface area contributed by atoms with Crippen molar-refractivity contribution in [2.24, 2.45) is 4.36 Å². The van der Waals surface area contributed by atoms with Crippen molar-refractivity contribution in [3.05, 3.63) is 83.7 Å². The van der Waals surface area contributed by atoms with Crippen LogP contribution in [0.2, 0.25) is 0 Å². The largest absolute Gasteiger partial charge is 0.488 e. The van der Waals surface area contributed by atoms with Gasteiger partial charge in [-0.3, -0.25) is 0 Å². The lowest BCUT2D eigenvalue weighted by Gasteiger charge is -2.16. The molecule has 1 unspecified atom stereocenters. The summed E-state index contributed by atoms with van der Waals surface area (Å²) in [5.74, 6) is 0.145. The molecule has 1 aliphatic heterocycles. The Labute approximate surface area is 203 Å². The predicted molar refractivity (Wildman–Crippen MR) is 132 cm³/mol. The summed E-state index contributed by atoms with van der Waals surface area (Å²) >= 11 is 0. The third kappa shape index (κ3) is 5.16. The molecule has 4 aromatic rings. The van der Waals surface area contributed by atoms with E-state index in [0.717, 1.165) is 28.6 Å². The Morgan fingerprint density at radius 3 is 2.83 bits per heavy atom. The first-order valence-electron chi connectivity index (χ1n) is 11.3. The molecule has 2 atom stereocenters. The molecule has 9 heteroatoms. The second-order valence-electron chi connectivity index (χ2n) is 8.57. The molecule has 1 fully saturated rings. The first kappa shape index (κ1) is 23.3. The zero-order valence-corrected chi connectivity index (χ0v) is 20.3. The predicted octanol–water partition coefficient (Wildman–Crippen LogP) is 5.02. The van der Waals surface area contributed by atoms with Gasteiger partial charge in [-0.05, 0) is 42.8 Å². The minimum atomic E-state index is -2.72. The van der Waals surface area contributed by atoms with Crippen molar-refractivity contribution in [2.45, 2.75) is 30.9 Å². The molecule has 0 bridgehead atoms. The summed E-state index contributed by atoms with van der Waals surface area (Å²) in [5, 5.41) is 1.31. The van der Waals surface area contributed by atoms with Gasteiger partial charge in [0, 0.05) is 42.3 Å². The van der Waals surface area contributed by atoms with Crippen LogP contribution in [0.25, 0.3) is 10.9 Å². The van der Waals surface area contributed by atoms with E-state index in [1.54, 1.807) is 42.8 Å². The number of aryl methyl sites for hydroxylation is 1. The molecular weight excluding hydrogens is 467 g/mol. The maximum Gasteiger partial charge on any atom is 0.135 e. The molecule has 0 radical (unpaired) electrons. The van der Waals surface area contributed by atoms with Crippen molar-refractivity contribution in [2.75, 3.05) is 19.5 Å². The van der Waals surface area contributed by atoms with Crippen LogP contribution in [0.4, 0.5) is 10.1 Å². The van der Waals surface area contributed by atoms with Crippen LogP contribution in [-0.4, -0.2) is 44.7 Å². The summed E-state index contributed by atoms with van der Waals surface area (Å²) in [6, 6.07) is 13.5. The quantitative estimate of drug-likeness (QED) is 0.376. The van der Waals surface area contributed by atoms with Crippen LogP contribution in [0.5, 0.6) is 5.75 Å². The van der Waals surface area contributed by atoms with Gasteiger partial charge in [-0.25, -0.2) is 23.6 Å². The van der Waals surface area contributed by atoms with E-state index in [2.05, 4.69) is 19.3 Å². The van der Waals surface area contributed by atoms with Gasteiger partial charge in [0.25, 0.3) is 0 Å². The van der Waals surface area contributed by atoms with Gasteiger partial charge in [0.15, 0.2) is 0 Å². The molecule has 0 N–H and O–H groups in total. The van der Waals surface area contributed by atoms with E-state index in [4.69, 9.17) is 9.47 Å². The fraction of sp³-hybridized carbons (Fsp3) is 0.269. The Balaban J connectivity index is 1.52. The highest BCUT2D eigenvalue weighted by Gasteiger charge is 2.20. The van der Waals surface area contributed by atoms with Gasteiger partial charge in [-0.2, -0.15) is 4.36 Å². The monoisotopic (exact) mass is 492 g/mol. The Kier molecular flexibility index (Phi) is 6.44. The number of aromatic nitrogens is 3. The average Bonchev–Trinajstić information content (AvgIpc) is 3.34. The fourth-order valence-corrected chi connectivity index (χ4v) is 5.40. The van der Waals surface area contributed by atoms with Crippen molar-refractivity contribution >= 4 is 26.3 Å². The number of halogens is 1. The molecule has 0 spiro atoms. The number of rotatable bonds is 6. The molecule has 2 aromatic carbocycles. The Hall–Kier alpha value is -3.43. The molecule has 180 valence electrons. The Morgan fingerprint density at radius 2 is 2.06 bits per heavy atom. The van der Waals surface area contributed by atoms with E-state index >= 15 is 0 Å². The number of nitrogens with zero attached hydrogens (tertiary/aromatic N) is 4. The molecular formula is C26H25FN4O3S. The molecule has 1 aliphatic rings. The van der Waals surface area contributed by atoms with Crippen LogP contribution < -0.4 is 4.74 Å². The van der Waals surface area contributed by atoms with Gasteiger partial charge in [-0.15, -0.1) is 0 Å². The zero-order valence-electron chi connectivity index (χ0n) is 19.5. The van der Waals surface area contributed by atoms with E-state index < -0.39 is 9.73 Å². The highest BCUT2D eigenvalue weighted by atomic mass is 32.2. The second kappa shape index (κ2) is 9.67. The number of hydrogen-bond donors (Lipinski definition) is 0. The lowest BCUT2D eigenvalue weighted by Crippen LogP contribution is -2.17. The van der Waals surface area contributed by atoms with Crippen LogP contribution in [0, 0.1) is 12.7 Å². The van der Waals surface area contributed by atoms with Gasteiger partial charge in [-0.1, -0.05) is 12.1 Å². The number of hydrogen-bond acceptors (Lipinski definition) is 7. The molecule has 0 amide bonds. The van der Waals surface area contributed by atoms with Crippen LogP contribution in [0.15, 0.2) is 70.4 Å². The van der Waals surface area contributed by atoms with Crippen molar-refractivity contribution in [1.29, 1.82) is 0 Å². The van der Waals surface area contributed by atoms with Crippen molar-refractivity contribution in [3.63, 3.8) is 0 Å². The first-order chi connectivity index (χ1) is 16.9. The van der Waals surface area contributed by atoms with Gasteiger partial charge in [0.1, 0.15) is 29.0 Å². The summed E-state index contributed by atoms with van der Waals surface area (Å²) in [6.45, 7) is 3.09. The second-order valence-corrected chi connectivity index (χ2v) is 10.8. The van der Waals surface area contributed by atoms with E-state index in [1.165, 1.54) is 18.5 Å². The third-order valence-corrected chi connectivity index (χ3v) is 7.45. The SMILES string of the molecule is Cc1cc(N=S(C)(=O)c2ccccn2)cc2ncnc(Cc3ccc(F)cc3O[C@H]3CCOC3)c12. The summed E-state index contributed by atoms with van der Waals surface area (Å²) < 4.78 is 43.2. The molecule has 2 aromatic heterocycles. The highest BCUT2D eigenvalue weighted by molar-refractivity contribution is 7.93. The van der Waals surface area contributed by atoms with Crippen LogP contribution in [0.1, 0.15) is 23.2 Å². The summed E-state index contributed by atoms with van der Waals surface area (Å²) in [5.41, 5.74) is 3.78. The maximum absolute atomic E-state index is 14.0. The number of benzene rings is 2. The minimum absolute atomic E-state index is 0.0911. The smallest absolute Gasteiger partial charge is 0.135 e. The van der Waals surface area contributed by atoms with Crippen molar-refractivity contribution in [3.8, 4) is 5.75 Å². The molecule has 3 heterocycles. The van der Waals surface area contributed by atoms with E-state index in [9.17, 15) is 8.60 Å². The number of ether oxygens (including phenoxy) is 2. The average molecular weight is 493 g/mol. The summed E-state index contributed by atoms with van der Waals surface area (Å²) in [7, 11) is -2.72. The van der Waals surface area contributed by atoms with Crippen LogP contribution in [-0.2, 0) is 20.9 Å². The van der Waals surface area contributed by atoms with E-state index in [0.29, 0.717) is 41.6 Å². The van der Waals surface area contributed by atoms with Gasteiger partial charge < -0.3 is 9.47 Å². The number of pyridine rings is 1. The molecule has 5 rings (SSSR count).